The average molecular weight is 371 g/mol. The molecule has 0 unspecified atom stereocenters. The first kappa shape index (κ1) is 22.9. The minimum atomic E-state index is -0.633. The van der Waals surface area contributed by atoms with Gasteiger partial charge in [0.2, 0.25) is 17.7 Å². The van der Waals surface area contributed by atoms with Gasteiger partial charge in [-0.2, -0.15) is 0 Å². The fourth-order valence-corrected chi connectivity index (χ4v) is 1.83. The molecule has 0 heterocycles. The van der Waals surface area contributed by atoms with Crippen molar-refractivity contribution in [2.24, 2.45) is 11.7 Å². The maximum Gasteiger partial charge on any atom is 0.243 e. The highest BCUT2D eigenvalue weighted by Crippen LogP contribution is 2.10. The third-order valence-corrected chi connectivity index (χ3v) is 3.54. The van der Waals surface area contributed by atoms with Crippen LogP contribution in [0.4, 0.5) is 5.69 Å². The number of nitrogens with two attached hydrogens (primary N) is 1. The van der Waals surface area contributed by atoms with Gasteiger partial charge in [-0.3, -0.25) is 14.4 Å². The fraction of sp³-hybridized carbons (Fsp3) is 0.471. The van der Waals surface area contributed by atoms with Crippen molar-refractivity contribution in [3.8, 4) is 0 Å². The number of amides is 3. The summed E-state index contributed by atoms with van der Waals surface area (Å²) in [6.45, 7) is 3.54. The summed E-state index contributed by atoms with van der Waals surface area (Å²) >= 11 is 0. The Labute approximate surface area is 154 Å². The molecule has 3 amide bonds. The lowest BCUT2D eigenvalue weighted by molar-refractivity contribution is -0.128. The topological polar surface area (TPSA) is 105 Å². The number of halogens is 1. The molecule has 0 saturated carbocycles. The number of anilines is 1. The summed E-state index contributed by atoms with van der Waals surface area (Å²) in [4.78, 5) is 36.7. The van der Waals surface area contributed by atoms with Gasteiger partial charge in [-0.05, 0) is 23.6 Å². The van der Waals surface area contributed by atoms with Crippen molar-refractivity contribution in [3.05, 3.63) is 29.8 Å². The molecule has 1 aromatic carbocycles. The average Bonchev–Trinajstić information content (AvgIpc) is 2.53. The van der Waals surface area contributed by atoms with E-state index < -0.39 is 6.04 Å². The van der Waals surface area contributed by atoms with Gasteiger partial charge in [-0.25, -0.2) is 0 Å². The molecule has 0 fully saturated rings. The molecular formula is C17H27ClN4O3. The Morgan fingerprint density at radius 1 is 1.12 bits per heavy atom. The molecule has 4 N–H and O–H groups in total. The predicted octanol–water partition coefficient (Wildman–Crippen LogP) is 0.777. The Morgan fingerprint density at radius 3 is 2.16 bits per heavy atom. The largest absolute Gasteiger partial charge is 0.349 e. The summed E-state index contributed by atoms with van der Waals surface area (Å²) in [5.74, 6) is -0.671. The van der Waals surface area contributed by atoms with E-state index in [9.17, 15) is 14.4 Å². The van der Waals surface area contributed by atoms with Crippen LogP contribution in [0, 0.1) is 5.92 Å². The Bertz CT molecular complexity index is 588. The summed E-state index contributed by atoms with van der Waals surface area (Å²) in [6.07, 6.45) is 0.310. The molecule has 0 spiro atoms. The summed E-state index contributed by atoms with van der Waals surface area (Å²) in [5.41, 5.74) is 7.17. The second-order valence-corrected chi connectivity index (χ2v) is 6.20. The third-order valence-electron chi connectivity index (χ3n) is 3.54. The van der Waals surface area contributed by atoms with Gasteiger partial charge >= 0.3 is 0 Å². The van der Waals surface area contributed by atoms with Gasteiger partial charge < -0.3 is 21.3 Å². The van der Waals surface area contributed by atoms with Crippen molar-refractivity contribution < 1.29 is 14.4 Å². The second kappa shape index (κ2) is 10.7. The molecule has 0 aliphatic carbocycles. The Morgan fingerprint density at radius 2 is 1.68 bits per heavy atom. The molecule has 1 atom stereocenters. The SMILES string of the molecule is CC(C)[C@H](N)C(=O)NCC(=O)Nc1ccc(CC(=O)N(C)C)cc1.Cl. The maximum atomic E-state index is 11.8. The Hall–Kier alpha value is -2.12. The molecule has 0 aromatic heterocycles. The van der Waals surface area contributed by atoms with Crippen LogP contribution in [0.3, 0.4) is 0 Å². The number of carbonyl (C=O) groups excluding carboxylic acids is 3. The lowest BCUT2D eigenvalue weighted by Gasteiger charge is -2.15. The van der Waals surface area contributed by atoms with Crippen LogP contribution in [-0.4, -0.2) is 49.3 Å². The number of likely N-dealkylation sites (N-methyl/N-ethyl adjacent to an activating group) is 1. The molecule has 0 aliphatic rings. The van der Waals surface area contributed by atoms with E-state index in [0.717, 1.165) is 5.56 Å². The number of benzene rings is 1. The number of carbonyl (C=O) groups is 3. The summed E-state index contributed by atoms with van der Waals surface area (Å²) in [6, 6.07) is 6.37. The highest BCUT2D eigenvalue weighted by atomic mass is 35.5. The Balaban J connectivity index is 0.00000576. The number of hydrogen-bond acceptors (Lipinski definition) is 4. The van der Waals surface area contributed by atoms with Crippen LogP contribution in [0.1, 0.15) is 19.4 Å². The van der Waals surface area contributed by atoms with Gasteiger partial charge in [0, 0.05) is 19.8 Å². The van der Waals surface area contributed by atoms with Gasteiger partial charge in [0.15, 0.2) is 0 Å². The van der Waals surface area contributed by atoms with Crippen molar-refractivity contribution in [1.29, 1.82) is 0 Å². The van der Waals surface area contributed by atoms with Gasteiger partial charge in [0.25, 0.3) is 0 Å². The van der Waals surface area contributed by atoms with E-state index in [4.69, 9.17) is 5.73 Å². The predicted molar refractivity (Wildman–Crippen MR) is 101 cm³/mol. The van der Waals surface area contributed by atoms with Crippen LogP contribution >= 0.6 is 12.4 Å². The molecule has 140 valence electrons. The van der Waals surface area contributed by atoms with Crippen molar-refractivity contribution in [3.63, 3.8) is 0 Å². The van der Waals surface area contributed by atoms with E-state index >= 15 is 0 Å². The van der Waals surface area contributed by atoms with Crippen LogP contribution in [0.5, 0.6) is 0 Å². The molecule has 0 bridgehead atoms. The molecule has 7 nitrogen and oxygen atoms in total. The monoisotopic (exact) mass is 370 g/mol. The number of hydrogen-bond donors (Lipinski definition) is 3. The van der Waals surface area contributed by atoms with E-state index in [1.165, 1.54) is 4.90 Å². The summed E-state index contributed by atoms with van der Waals surface area (Å²) in [5, 5.41) is 5.19. The quantitative estimate of drug-likeness (QED) is 0.659. The lowest BCUT2D eigenvalue weighted by Crippen LogP contribution is -2.46. The molecule has 0 saturated heterocycles. The van der Waals surface area contributed by atoms with Crippen LogP contribution in [0.25, 0.3) is 0 Å². The van der Waals surface area contributed by atoms with Crippen LogP contribution in [0.2, 0.25) is 0 Å². The maximum absolute atomic E-state index is 11.8. The number of nitrogens with zero attached hydrogens (tertiary/aromatic N) is 1. The van der Waals surface area contributed by atoms with Crippen LogP contribution in [-0.2, 0) is 20.8 Å². The van der Waals surface area contributed by atoms with Gasteiger partial charge in [-0.15, -0.1) is 12.4 Å². The Kier molecular flexibility index (Phi) is 9.78. The number of nitrogens with one attached hydrogen (secondary N) is 2. The zero-order valence-corrected chi connectivity index (χ0v) is 15.9. The van der Waals surface area contributed by atoms with Gasteiger partial charge in [-0.1, -0.05) is 26.0 Å². The van der Waals surface area contributed by atoms with E-state index in [0.29, 0.717) is 12.1 Å². The zero-order chi connectivity index (χ0) is 18.3. The van der Waals surface area contributed by atoms with E-state index in [1.807, 2.05) is 13.8 Å². The third kappa shape index (κ3) is 8.00. The van der Waals surface area contributed by atoms with E-state index in [2.05, 4.69) is 10.6 Å². The van der Waals surface area contributed by atoms with Crippen LogP contribution < -0.4 is 16.4 Å². The first-order valence-corrected chi connectivity index (χ1v) is 7.83. The van der Waals surface area contributed by atoms with E-state index in [-0.39, 0.29) is 42.6 Å². The molecule has 25 heavy (non-hydrogen) atoms. The molecule has 1 aromatic rings. The minimum Gasteiger partial charge on any atom is -0.349 e. The highest BCUT2D eigenvalue weighted by Gasteiger charge is 2.17. The lowest BCUT2D eigenvalue weighted by atomic mass is 10.1. The van der Waals surface area contributed by atoms with E-state index in [1.54, 1.807) is 38.4 Å². The first-order chi connectivity index (χ1) is 11.2. The van der Waals surface area contributed by atoms with Crippen molar-refractivity contribution >= 4 is 35.8 Å². The summed E-state index contributed by atoms with van der Waals surface area (Å²) in [7, 11) is 3.41. The van der Waals surface area contributed by atoms with Gasteiger partial charge in [0.05, 0.1) is 19.0 Å². The van der Waals surface area contributed by atoms with Crippen molar-refractivity contribution in [2.45, 2.75) is 26.3 Å². The summed E-state index contributed by atoms with van der Waals surface area (Å²) < 4.78 is 0. The second-order valence-electron chi connectivity index (χ2n) is 6.20. The fourth-order valence-electron chi connectivity index (χ4n) is 1.83. The molecule has 1 rings (SSSR count). The van der Waals surface area contributed by atoms with Crippen molar-refractivity contribution in [2.75, 3.05) is 26.0 Å². The van der Waals surface area contributed by atoms with Gasteiger partial charge in [0.1, 0.15) is 0 Å². The minimum absolute atomic E-state index is 0. The molecular weight excluding hydrogens is 344 g/mol. The standard InChI is InChI=1S/C17H26N4O3.ClH/c1-11(2)16(18)17(24)19-10-14(22)20-13-7-5-12(6-8-13)9-15(23)21(3)4;/h5-8,11,16H,9-10,18H2,1-4H3,(H,19,24)(H,20,22);1H/t16-;/m0./s1. The number of rotatable bonds is 7. The molecule has 0 aliphatic heterocycles. The highest BCUT2D eigenvalue weighted by molar-refractivity contribution is 5.95. The normalized spacial score (nSPS) is 11.3. The smallest absolute Gasteiger partial charge is 0.243 e. The zero-order valence-electron chi connectivity index (χ0n) is 15.0. The first-order valence-electron chi connectivity index (χ1n) is 7.83. The van der Waals surface area contributed by atoms with Crippen molar-refractivity contribution in [1.82, 2.24) is 10.2 Å². The molecule has 0 radical (unpaired) electrons. The van der Waals surface area contributed by atoms with Crippen LogP contribution in [0.15, 0.2) is 24.3 Å². The molecule has 8 heteroatoms.